The lowest BCUT2D eigenvalue weighted by Crippen LogP contribution is -2.46. The zero-order chi connectivity index (χ0) is 33.6. The van der Waals surface area contributed by atoms with Crippen LogP contribution in [0.2, 0.25) is 0 Å². The number of ketones is 1. The molecule has 13 heteroatoms. The molecule has 0 heterocycles. The first kappa shape index (κ1) is 36.5. The fourth-order valence-corrected chi connectivity index (χ4v) is 4.24. The van der Waals surface area contributed by atoms with Gasteiger partial charge in [-0.05, 0) is 74.9 Å². The third kappa shape index (κ3) is 14.1. The van der Waals surface area contributed by atoms with E-state index in [2.05, 4.69) is 10.6 Å². The number of amides is 3. The number of urea groups is 1. The topological polar surface area (TPSA) is 198 Å². The SMILES string of the molecule is CC(C)[C@H](CC(=O)OC(C)(C)C)C(=O)N[C@@H](CCCNC(N)=O)C(=O)Cc1ccc(COC(=O)Oc2ccc(N[O-])cc2)cc1. The summed E-state index contributed by atoms with van der Waals surface area (Å²) in [4.78, 5) is 62.2. The van der Waals surface area contributed by atoms with Crippen LogP contribution in [0, 0.1) is 17.0 Å². The second kappa shape index (κ2) is 17.6. The van der Waals surface area contributed by atoms with Crippen molar-refractivity contribution in [3.8, 4) is 5.75 Å². The molecule has 0 aliphatic rings. The van der Waals surface area contributed by atoms with Gasteiger partial charge in [-0.25, -0.2) is 9.59 Å². The maximum Gasteiger partial charge on any atom is 0.514 e. The Hall–Kier alpha value is -4.65. The summed E-state index contributed by atoms with van der Waals surface area (Å²) in [6.45, 7) is 9.02. The number of hydrogen-bond donors (Lipinski definition) is 4. The second-order valence-electron chi connectivity index (χ2n) is 11.9. The lowest BCUT2D eigenvalue weighted by Gasteiger charge is -2.26. The predicted octanol–water partition coefficient (Wildman–Crippen LogP) is 4.36. The summed E-state index contributed by atoms with van der Waals surface area (Å²) < 4.78 is 15.6. The van der Waals surface area contributed by atoms with E-state index in [0.717, 1.165) is 0 Å². The summed E-state index contributed by atoms with van der Waals surface area (Å²) in [7, 11) is 0. The Morgan fingerprint density at radius 2 is 1.56 bits per heavy atom. The Morgan fingerprint density at radius 1 is 0.933 bits per heavy atom. The van der Waals surface area contributed by atoms with Crippen LogP contribution in [0.15, 0.2) is 48.5 Å². The van der Waals surface area contributed by atoms with Crippen LogP contribution in [-0.2, 0) is 36.9 Å². The molecule has 0 bridgehead atoms. The number of rotatable bonds is 16. The molecule has 0 unspecified atom stereocenters. The number of primary amides is 1. The van der Waals surface area contributed by atoms with Crippen LogP contribution < -0.4 is 26.6 Å². The predicted molar refractivity (Wildman–Crippen MR) is 167 cm³/mol. The molecule has 13 nitrogen and oxygen atoms in total. The van der Waals surface area contributed by atoms with Gasteiger partial charge in [-0.1, -0.05) is 38.1 Å². The molecule has 246 valence electrons. The molecule has 2 aromatic carbocycles. The molecule has 0 saturated carbocycles. The molecule has 0 spiro atoms. The third-order valence-electron chi connectivity index (χ3n) is 6.55. The Kier molecular flexibility index (Phi) is 14.3. The highest BCUT2D eigenvalue weighted by Crippen LogP contribution is 2.20. The largest absolute Gasteiger partial charge is 0.761 e. The summed E-state index contributed by atoms with van der Waals surface area (Å²) in [5, 5.41) is 15.9. The quantitative estimate of drug-likeness (QED) is 0.0897. The van der Waals surface area contributed by atoms with Crippen LogP contribution in [0.25, 0.3) is 0 Å². The van der Waals surface area contributed by atoms with E-state index in [1.54, 1.807) is 50.5 Å². The second-order valence-corrected chi connectivity index (χ2v) is 11.9. The Morgan fingerprint density at radius 3 is 2.11 bits per heavy atom. The molecule has 5 N–H and O–H groups in total. The van der Waals surface area contributed by atoms with Gasteiger partial charge >= 0.3 is 18.2 Å². The molecule has 2 atom stereocenters. The van der Waals surface area contributed by atoms with Crippen LogP contribution >= 0.6 is 0 Å². The number of anilines is 1. The first-order valence-electron chi connectivity index (χ1n) is 14.7. The van der Waals surface area contributed by atoms with Crippen molar-refractivity contribution < 1.29 is 38.2 Å². The molecular formula is C32H43N4O9-. The molecule has 0 aliphatic carbocycles. The lowest BCUT2D eigenvalue weighted by atomic mass is 9.90. The first-order chi connectivity index (χ1) is 21.2. The molecule has 0 fully saturated rings. The van der Waals surface area contributed by atoms with E-state index >= 15 is 0 Å². The third-order valence-corrected chi connectivity index (χ3v) is 6.55. The van der Waals surface area contributed by atoms with E-state index in [0.29, 0.717) is 23.2 Å². The van der Waals surface area contributed by atoms with Gasteiger partial charge < -0.3 is 41.3 Å². The zero-order valence-corrected chi connectivity index (χ0v) is 26.3. The van der Waals surface area contributed by atoms with E-state index in [9.17, 15) is 29.2 Å². The molecule has 2 aromatic rings. The number of ether oxygens (including phenoxy) is 3. The highest BCUT2D eigenvalue weighted by atomic mass is 16.7. The van der Waals surface area contributed by atoms with Crippen LogP contribution in [-0.4, -0.2) is 48.0 Å². The average molecular weight is 628 g/mol. The van der Waals surface area contributed by atoms with Crippen LogP contribution in [0.1, 0.15) is 65.0 Å². The van der Waals surface area contributed by atoms with Gasteiger partial charge in [0, 0.05) is 18.7 Å². The average Bonchev–Trinajstić information content (AvgIpc) is 2.96. The van der Waals surface area contributed by atoms with E-state index in [1.165, 1.54) is 24.3 Å². The van der Waals surface area contributed by atoms with Gasteiger partial charge in [0.05, 0.1) is 18.4 Å². The number of Topliss-reactive ketones (excluding diaryl/α,β-unsaturated/α-hetero) is 1. The van der Waals surface area contributed by atoms with Gasteiger partial charge in [0.15, 0.2) is 5.78 Å². The van der Waals surface area contributed by atoms with Crippen molar-refractivity contribution >= 4 is 35.5 Å². The minimum atomic E-state index is -0.923. The van der Waals surface area contributed by atoms with E-state index < -0.39 is 41.6 Å². The smallest absolute Gasteiger partial charge is 0.514 e. The van der Waals surface area contributed by atoms with Gasteiger partial charge in [0.1, 0.15) is 18.0 Å². The number of carbonyl (C=O) groups excluding carboxylic acids is 5. The number of hydrogen-bond acceptors (Lipinski definition) is 10. The minimum Gasteiger partial charge on any atom is -0.761 e. The standard InChI is InChI=1S/C32H43N4O9/c1-20(2)25(18-28(38)45-32(3,4)5)29(39)35-26(7-6-16-34-30(33)40)27(37)17-21-8-10-22(11-9-21)19-43-31(41)44-24-14-12-23(36-42)13-15-24/h8-15,20,25-26,36H,6-7,16-19H2,1-5H3,(H,35,39)(H3,33,34,40)/q-1/t25-,26-/m0/s1. The summed E-state index contributed by atoms with van der Waals surface area (Å²) in [6.07, 6.45) is -0.430. The van der Waals surface area contributed by atoms with Crippen molar-refractivity contribution in [2.45, 2.75) is 78.6 Å². The van der Waals surface area contributed by atoms with Crippen molar-refractivity contribution in [3.63, 3.8) is 0 Å². The normalized spacial score (nSPS) is 12.4. The van der Waals surface area contributed by atoms with Gasteiger partial charge in [0.25, 0.3) is 0 Å². The molecule has 2 rings (SSSR count). The molecular weight excluding hydrogens is 584 g/mol. The lowest BCUT2D eigenvalue weighted by molar-refractivity contribution is -0.158. The Balaban J connectivity index is 2.01. The molecule has 0 aromatic heterocycles. The van der Waals surface area contributed by atoms with Crippen molar-refractivity contribution in [1.82, 2.24) is 10.6 Å². The van der Waals surface area contributed by atoms with Crippen LogP contribution in [0.5, 0.6) is 5.75 Å². The van der Waals surface area contributed by atoms with Gasteiger partial charge in [-0.15, -0.1) is 0 Å². The molecule has 0 aliphatic heterocycles. The zero-order valence-electron chi connectivity index (χ0n) is 26.3. The maximum absolute atomic E-state index is 13.4. The Bertz CT molecular complexity index is 1290. The summed E-state index contributed by atoms with van der Waals surface area (Å²) in [5.41, 5.74) is 7.80. The van der Waals surface area contributed by atoms with E-state index in [1.807, 2.05) is 13.8 Å². The van der Waals surface area contributed by atoms with E-state index in [-0.39, 0.29) is 49.9 Å². The molecule has 0 radical (unpaired) electrons. The van der Waals surface area contributed by atoms with Crippen molar-refractivity contribution in [2.24, 2.45) is 17.6 Å². The van der Waals surface area contributed by atoms with Gasteiger partial charge in [0.2, 0.25) is 5.91 Å². The fraction of sp³-hybridized carbons (Fsp3) is 0.469. The van der Waals surface area contributed by atoms with Crippen LogP contribution in [0.3, 0.4) is 0 Å². The highest BCUT2D eigenvalue weighted by molar-refractivity contribution is 5.92. The summed E-state index contributed by atoms with van der Waals surface area (Å²) in [6, 6.07) is 11.1. The number of nitrogens with one attached hydrogen (secondary N) is 3. The van der Waals surface area contributed by atoms with E-state index in [4.69, 9.17) is 19.9 Å². The minimum absolute atomic E-state index is 0.00397. The summed E-state index contributed by atoms with van der Waals surface area (Å²) >= 11 is 0. The number of nitrogens with two attached hydrogens (primary N) is 1. The summed E-state index contributed by atoms with van der Waals surface area (Å²) in [5.74, 6) is -1.89. The van der Waals surface area contributed by atoms with Crippen molar-refractivity contribution in [3.05, 3.63) is 64.9 Å². The number of esters is 1. The van der Waals surface area contributed by atoms with Crippen molar-refractivity contribution in [2.75, 3.05) is 12.0 Å². The van der Waals surface area contributed by atoms with Gasteiger partial charge in [-0.2, -0.15) is 0 Å². The Labute approximate surface area is 263 Å². The number of carbonyl (C=O) groups is 5. The fourth-order valence-electron chi connectivity index (χ4n) is 4.24. The monoisotopic (exact) mass is 627 g/mol. The number of benzene rings is 2. The molecule has 3 amide bonds. The molecule has 45 heavy (non-hydrogen) atoms. The highest BCUT2D eigenvalue weighted by Gasteiger charge is 2.31. The van der Waals surface area contributed by atoms with Crippen LogP contribution in [0.4, 0.5) is 15.3 Å². The first-order valence-corrected chi connectivity index (χ1v) is 14.7. The molecule has 0 saturated heterocycles. The maximum atomic E-state index is 13.4. The van der Waals surface area contributed by atoms with Crippen molar-refractivity contribution in [1.29, 1.82) is 0 Å². The van der Waals surface area contributed by atoms with Gasteiger partial charge in [-0.3, -0.25) is 14.4 Å².